The summed E-state index contributed by atoms with van der Waals surface area (Å²) in [6.45, 7) is 2.02. The predicted molar refractivity (Wildman–Crippen MR) is 94.9 cm³/mol. The van der Waals surface area contributed by atoms with Crippen LogP contribution < -0.4 is 5.43 Å². The first-order chi connectivity index (χ1) is 12.2. The van der Waals surface area contributed by atoms with E-state index in [1.165, 1.54) is 6.07 Å². The summed E-state index contributed by atoms with van der Waals surface area (Å²) in [6.07, 6.45) is 6.69. The quantitative estimate of drug-likeness (QED) is 0.580. The van der Waals surface area contributed by atoms with Crippen molar-refractivity contribution in [2.24, 2.45) is 0 Å². The van der Waals surface area contributed by atoms with E-state index in [0.29, 0.717) is 11.4 Å². The molecule has 6 heteroatoms. The third kappa shape index (κ3) is 2.85. The van der Waals surface area contributed by atoms with Crippen molar-refractivity contribution >= 4 is 0 Å². The number of pyridine rings is 1. The van der Waals surface area contributed by atoms with E-state index < -0.39 is 0 Å². The molecule has 0 spiro atoms. The summed E-state index contributed by atoms with van der Waals surface area (Å²) in [6, 6.07) is 14.9. The smallest absolute Gasteiger partial charge is 0.209 e. The SMILES string of the molecule is Cc1cccc(-n2nccc2-c2nn(-c3ccncc3)ccc2=O)c1. The fraction of sp³-hybridized carbons (Fsp3) is 0.0526. The Bertz CT molecular complexity index is 1080. The lowest BCUT2D eigenvalue weighted by Gasteiger charge is -2.10. The van der Waals surface area contributed by atoms with Crippen molar-refractivity contribution in [1.82, 2.24) is 24.5 Å². The maximum absolute atomic E-state index is 12.4. The standard InChI is InChI=1S/C19H15N5O/c1-14-3-2-4-16(13-14)24-17(7-11-21-24)19-18(25)8-12-23(22-19)15-5-9-20-10-6-15/h2-13H,1H3. The fourth-order valence-electron chi connectivity index (χ4n) is 2.67. The predicted octanol–water partition coefficient (Wildman–Crippen LogP) is 2.79. The first-order valence-corrected chi connectivity index (χ1v) is 7.84. The van der Waals surface area contributed by atoms with Crippen molar-refractivity contribution < 1.29 is 0 Å². The molecule has 4 aromatic rings. The van der Waals surface area contributed by atoms with Gasteiger partial charge in [-0.15, -0.1) is 0 Å². The molecule has 0 unspecified atom stereocenters. The van der Waals surface area contributed by atoms with Gasteiger partial charge in [0, 0.05) is 24.7 Å². The Kier molecular flexibility index (Phi) is 3.70. The van der Waals surface area contributed by atoms with Crippen LogP contribution in [0.2, 0.25) is 0 Å². The van der Waals surface area contributed by atoms with Crippen molar-refractivity contribution in [1.29, 1.82) is 0 Å². The van der Waals surface area contributed by atoms with E-state index in [0.717, 1.165) is 16.9 Å². The Morgan fingerprint density at radius 2 is 1.76 bits per heavy atom. The molecule has 0 aliphatic carbocycles. The van der Waals surface area contributed by atoms with Gasteiger partial charge in [-0.2, -0.15) is 10.2 Å². The van der Waals surface area contributed by atoms with Crippen LogP contribution in [0, 0.1) is 6.92 Å². The lowest BCUT2D eigenvalue weighted by atomic mass is 10.2. The molecule has 0 radical (unpaired) electrons. The van der Waals surface area contributed by atoms with Crippen molar-refractivity contribution in [3.8, 4) is 22.8 Å². The molecule has 0 aliphatic rings. The van der Waals surface area contributed by atoms with E-state index in [-0.39, 0.29) is 5.43 Å². The zero-order valence-electron chi connectivity index (χ0n) is 13.6. The summed E-state index contributed by atoms with van der Waals surface area (Å²) in [5.41, 5.74) is 3.68. The van der Waals surface area contributed by atoms with Gasteiger partial charge in [-0.1, -0.05) is 12.1 Å². The van der Waals surface area contributed by atoms with Crippen LogP contribution in [0.5, 0.6) is 0 Å². The average molecular weight is 329 g/mol. The van der Waals surface area contributed by atoms with E-state index in [4.69, 9.17) is 0 Å². The Labute approximate surface area is 144 Å². The lowest BCUT2D eigenvalue weighted by molar-refractivity contribution is 0.821. The second-order valence-corrected chi connectivity index (χ2v) is 5.65. The third-order valence-electron chi connectivity index (χ3n) is 3.87. The first-order valence-electron chi connectivity index (χ1n) is 7.84. The highest BCUT2D eigenvalue weighted by Crippen LogP contribution is 2.19. The summed E-state index contributed by atoms with van der Waals surface area (Å²) in [7, 11) is 0. The van der Waals surface area contributed by atoms with Gasteiger partial charge in [0.05, 0.1) is 23.3 Å². The highest BCUT2D eigenvalue weighted by atomic mass is 16.1. The van der Waals surface area contributed by atoms with Crippen LogP contribution in [0.25, 0.3) is 22.8 Å². The van der Waals surface area contributed by atoms with E-state index in [1.54, 1.807) is 40.2 Å². The van der Waals surface area contributed by atoms with Gasteiger partial charge >= 0.3 is 0 Å². The molecular formula is C19H15N5O. The zero-order chi connectivity index (χ0) is 17.2. The minimum absolute atomic E-state index is 0.153. The first kappa shape index (κ1) is 15.0. The molecule has 3 aromatic heterocycles. The van der Waals surface area contributed by atoms with Crippen molar-refractivity contribution in [2.45, 2.75) is 6.92 Å². The summed E-state index contributed by atoms with van der Waals surface area (Å²) < 4.78 is 3.39. The number of hydrogen-bond donors (Lipinski definition) is 0. The van der Waals surface area contributed by atoms with Crippen LogP contribution in [0.3, 0.4) is 0 Å². The molecule has 122 valence electrons. The Morgan fingerprint density at radius 1 is 0.920 bits per heavy atom. The van der Waals surface area contributed by atoms with E-state index in [2.05, 4.69) is 15.2 Å². The summed E-state index contributed by atoms with van der Waals surface area (Å²) in [5, 5.41) is 8.88. The Balaban J connectivity index is 1.87. The van der Waals surface area contributed by atoms with Gasteiger partial charge in [0.15, 0.2) is 5.69 Å². The van der Waals surface area contributed by atoms with Crippen molar-refractivity contribution in [3.63, 3.8) is 0 Å². The number of hydrogen-bond acceptors (Lipinski definition) is 4. The third-order valence-corrected chi connectivity index (χ3v) is 3.87. The second-order valence-electron chi connectivity index (χ2n) is 5.65. The number of aromatic nitrogens is 5. The zero-order valence-corrected chi connectivity index (χ0v) is 13.6. The van der Waals surface area contributed by atoms with Crippen LogP contribution in [0.1, 0.15) is 5.56 Å². The Morgan fingerprint density at radius 3 is 2.56 bits per heavy atom. The van der Waals surface area contributed by atoms with Crippen molar-refractivity contribution in [2.75, 3.05) is 0 Å². The van der Waals surface area contributed by atoms with E-state index in [1.807, 2.05) is 43.3 Å². The number of nitrogens with zero attached hydrogens (tertiary/aromatic N) is 5. The monoisotopic (exact) mass is 329 g/mol. The van der Waals surface area contributed by atoms with Crippen LogP contribution in [0.15, 0.2) is 78.1 Å². The summed E-state index contributed by atoms with van der Waals surface area (Å²) in [5.74, 6) is 0. The summed E-state index contributed by atoms with van der Waals surface area (Å²) in [4.78, 5) is 16.4. The lowest BCUT2D eigenvalue weighted by Crippen LogP contribution is -2.14. The molecule has 0 saturated heterocycles. The molecule has 0 bridgehead atoms. The van der Waals surface area contributed by atoms with Gasteiger partial charge in [-0.05, 0) is 42.8 Å². The van der Waals surface area contributed by atoms with E-state index in [9.17, 15) is 4.79 Å². The second kappa shape index (κ2) is 6.16. The van der Waals surface area contributed by atoms with Gasteiger partial charge < -0.3 is 0 Å². The Hall–Kier alpha value is -3.54. The average Bonchev–Trinajstić information content (AvgIpc) is 3.12. The minimum atomic E-state index is -0.153. The van der Waals surface area contributed by atoms with Gasteiger partial charge in [-0.25, -0.2) is 9.36 Å². The van der Waals surface area contributed by atoms with Crippen LogP contribution in [-0.2, 0) is 0 Å². The highest BCUT2D eigenvalue weighted by Gasteiger charge is 2.13. The number of rotatable bonds is 3. The number of aryl methyl sites for hydroxylation is 1. The van der Waals surface area contributed by atoms with Gasteiger partial charge in [0.25, 0.3) is 0 Å². The molecule has 0 aliphatic heterocycles. The van der Waals surface area contributed by atoms with Crippen LogP contribution >= 0.6 is 0 Å². The summed E-state index contributed by atoms with van der Waals surface area (Å²) >= 11 is 0. The van der Waals surface area contributed by atoms with Gasteiger partial charge in [-0.3, -0.25) is 9.78 Å². The molecule has 6 nitrogen and oxygen atoms in total. The highest BCUT2D eigenvalue weighted by molar-refractivity contribution is 5.57. The molecule has 25 heavy (non-hydrogen) atoms. The topological polar surface area (TPSA) is 65.6 Å². The van der Waals surface area contributed by atoms with Crippen molar-refractivity contribution in [3.05, 3.63) is 89.1 Å². The molecule has 4 rings (SSSR count). The fourth-order valence-corrected chi connectivity index (χ4v) is 2.67. The number of benzene rings is 1. The molecule has 0 atom stereocenters. The molecule has 0 N–H and O–H groups in total. The van der Waals surface area contributed by atoms with Crippen LogP contribution in [-0.4, -0.2) is 24.5 Å². The molecule has 3 heterocycles. The largest absolute Gasteiger partial charge is 0.287 e. The molecule has 0 saturated carbocycles. The van der Waals surface area contributed by atoms with E-state index >= 15 is 0 Å². The maximum atomic E-state index is 12.4. The normalized spacial score (nSPS) is 10.8. The maximum Gasteiger partial charge on any atom is 0.209 e. The van der Waals surface area contributed by atoms with Gasteiger partial charge in [0.2, 0.25) is 5.43 Å². The molecular weight excluding hydrogens is 314 g/mol. The molecule has 0 amide bonds. The molecule has 0 fully saturated rings. The minimum Gasteiger partial charge on any atom is -0.287 e. The molecule has 1 aromatic carbocycles. The van der Waals surface area contributed by atoms with Gasteiger partial charge in [0.1, 0.15) is 0 Å². The van der Waals surface area contributed by atoms with Crippen LogP contribution in [0.4, 0.5) is 0 Å².